The molecule has 0 aromatic rings. The van der Waals surface area contributed by atoms with Crippen LogP contribution in [0.15, 0.2) is 0 Å². The van der Waals surface area contributed by atoms with E-state index in [9.17, 15) is 4.79 Å². The van der Waals surface area contributed by atoms with Gasteiger partial charge in [-0.15, -0.1) is 0 Å². The maximum Gasteiger partial charge on any atom is 0.246 e. The Morgan fingerprint density at radius 1 is 1.38 bits per heavy atom. The second-order valence-electron chi connectivity index (χ2n) is 5.38. The Morgan fingerprint density at radius 2 is 2.00 bits per heavy atom. The quantitative estimate of drug-likeness (QED) is 0.743. The average Bonchev–Trinajstić information content (AvgIpc) is 2.17. The molecular weight excluding hydrogens is 204 g/mol. The van der Waals surface area contributed by atoms with E-state index < -0.39 is 0 Å². The first-order chi connectivity index (χ1) is 7.47. The number of rotatable bonds is 5. The highest BCUT2D eigenvalue weighted by molar-refractivity contribution is 5.77. The molecule has 0 aromatic heterocycles. The topological polar surface area (TPSA) is 64.3 Å². The van der Waals surface area contributed by atoms with Crippen LogP contribution < -0.4 is 11.1 Å². The molecule has 0 heterocycles. The lowest BCUT2D eigenvalue weighted by Crippen LogP contribution is -2.41. The van der Waals surface area contributed by atoms with Crippen molar-refractivity contribution >= 4 is 5.91 Å². The summed E-state index contributed by atoms with van der Waals surface area (Å²) in [5.41, 5.74) is 5.38. The maximum atomic E-state index is 11.5. The third-order valence-electron chi connectivity index (χ3n) is 2.68. The number of carbonyl (C=O) groups is 1. The molecule has 0 aliphatic heterocycles. The molecule has 1 amide bonds. The Labute approximate surface area is 97.9 Å². The summed E-state index contributed by atoms with van der Waals surface area (Å²) in [5, 5.41) is 3.00. The molecule has 0 atom stereocenters. The van der Waals surface area contributed by atoms with Crippen LogP contribution in [0.25, 0.3) is 0 Å². The molecule has 0 aromatic carbocycles. The summed E-state index contributed by atoms with van der Waals surface area (Å²) in [6, 6.07) is 0.357. The zero-order chi connectivity index (χ0) is 12.0. The summed E-state index contributed by atoms with van der Waals surface area (Å²) < 4.78 is 5.26. The van der Waals surface area contributed by atoms with Crippen LogP contribution >= 0.6 is 0 Å². The zero-order valence-corrected chi connectivity index (χ0v) is 10.4. The number of ether oxygens (including phenoxy) is 1. The van der Waals surface area contributed by atoms with Crippen LogP contribution in [-0.2, 0) is 9.53 Å². The predicted octanol–water partition coefficient (Wildman–Crippen LogP) is 1.19. The molecule has 0 radical (unpaired) electrons. The Bertz CT molecular complexity index is 218. The Kier molecular flexibility index (Phi) is 5.22. The Morgan fingerprint density at radius 3 is 2.56 bits per heavy atom. The standard InChI is InChI=1S/C12H24N2O2/c1-12(2,13)9-16-8-11(15)14-10-6-4-3-5-7-10/h10H,3-9,13H2,1-2H3,(H,14,15). The fourth-order valence-electron chi connectivity index (χ4n) is 1.92. The van der Waals surface area contributed by atoms with Crippen LogP contribution in [0.1, 0.15) is 46.0 Å². The van der Waals surface area contributed by atoms with Gasteiger partial charge in [-0.25, -0.2) is 0 Å². The first kappa shape index (κ1) is 13.5. The van der Waals surface area contributed by atoms with Crippen molar-refractivity contribution in [3.63, 3.8) is 0 Å². The SMILES string of the molecule is CC(C)(N)COCC(=O)NC1CCCCC1. The van der Waals surface area contributed by atoms with Gasteiger partial charge in [0.05, 0.1) is 6.61 Å². The molecule has 1 aliphatic rings. The van der Waals surface area contributed by atoms with Gasteiger partial charge < -0.3 is 15.8 Å². The van der Waals surface area contributed by atoms with E-state index in [0.717, 1.165) is 12.8 Å². The lowest BCUT2D eigenvalue weighted by Gasteiger charge is -2.23. The van der Waals surface area contributed by atoms with E-state index in [-0.39, 0.29) is 18.1 Å². The lowest BCUT2D eigenvalue weighted by atomic mass is 9.95. The minimum Gasteiger partial charge on any atom is -0.370 e. The molecule has 0 unspecified atom stereocenters. The molecule has 94 valence electrons. The molecule has 16 heavy (non-hydrogen) atoms. The fraction of sp³-hybridized carbons (Fsp3) is 0.917. The average molecular weight is 228 g/mol. The number of carbonyl (C=O) groups excluding carboxylic acids is 1. The summed E-state index contributed by atoms with van der Waals surface area (Å²) in [5.74, 6) is -0.0175. The zero-order valence-electron chi connectivity index (χ0n) is 10.4. The van der Waals surface area contributed by atoms with Crippen molar-refractivity contribution in [3.8, 4) is 0 Å². The van der Waals surface area contributed by atoms with Crippen molar-refractivity contribution in [2.45, 2.75) is 57.5 Å². The molecule has 1 aliphatic carbocycles. The van der Waals surface area contributed by atoms with Gasteiger partial charge in [-0.1, -0.05) is 19.3 Å². The number of nitrogens with two attached hydrogens (primary N) is 1. The van der Waals surface area contributed by atoms with Crippen LogP contribution in [0.2, 0.25) is 0 Å². The van der Waals surface area contributed by atoms with Crippen molar-refractivity contribution in [2.24, 2.45) is 5.73 Å². The molecule has 4 nitrogen and oxygen atoms in total. The number of hydrogen-bond donors (Lipinski definition) is 2. The molecule has 0 saturated heterocycles. The summed E-state index contributed by atoms with van der Waals surface area (Å²) >= 11 is 0. The number of amides is 1. The minimum absolute atomic E-state index is 0.0175. The third-order valence-corrected chi connectivity index (χ3v) is 2.68. The third kappa shape index (κ3) is 6.08. The summed E-state index contributed by atoms with van der Waals surface area (Å²) in [7, 11) is 0. The van der Waals surface area contributed by atoms with E-state index in [0.29, 0.717) is 12.6 Å². The van der Waals surface area contributed by atoms with E-state index in [4.69, 9.17) is 10.5 Å². The monoisotopic (exact) mass is 228 g/mol. The van der Waals surface area contributed by atoms with Gasteiger partial charge in [0.15, 0.2) is 0 Å². The van der Waals surface area contributed by atoms with Gasteiger partial charge in [0.2, 0.25) is 5.91 Å². The molecular formula is C12H24N2O2. The van der Waals surface area contributed by atoms with E-state index in [1.165, 1.54) is 19.3 Å². The Balaban J connectivity index is 2.10. The van der Waals surface area contributed by atoms with Crippen molar-refractivity contribution in [2.75, 3.05) is 13.2 Å². The smallest absolute Gasteiger partial charge is 0.246 e. The van der Waals surface area contributed by atoms with E-state index in [1.807, 2.05) is 13.8 Å². The van der Waals surface area contributed by atoms with Gasteiger partial charge in [-0.05, 0) is 26.7 Å². The fourth-order valence-corrected chi connectivity index (χ4v) is 1.92. The first-order valence-electron chi connectivity index (χ1n) is 6.13. The predicted molar refractivity (Wildman–Crippen MR) is 64.1 cm³/mol. The van der Waals surface area contributed by atoms with Crippen LogP contribution in [0.3, 0.4) is 0 Å². The van der Waals surface area contributed by atoms with E-state index >= 15 is 0 Å². The van der Waals surface area contributed by atoms with E-state index in [1.54, 1.807) is 0 Å². The molecule has 1 saturated carbocycles. The molecule has 1 fully saturated rings. The van der Waals surface area contributed by atoms with Gasteiger partial charge in [0, 0.05) is 11.6 Å². The minimum atomic E-state index is -0.370. The highest BCUT2D eigenvalue weighted by Gasteiger charge is 2.16. The number of hydrogen-bond acceptors (Lipinski definition) is 3. The van der Waals surface area contributed by atoms with Gasteiger partial charge >= 0.3 is 0 Å². The second kappa shape index (κ2) is 6.21. The van der Waals surface area contributed by atoms with Crippen molar-refractivity contribution in [1.82, 2.24) is 5.32 Å². The molecule has 0 spiro atoms. The van der Waals surface area contributed by atoms with Crippen LogP contribution in [0.5, 0.6) is 0 Å². The normalized spacial score (nSPS) is 18.4. The summed E-state index contributed by atoms with van der Waals surface area (Å²) in [6.07, 6.45) is 5.95. The highest BCUT2D eigenvalue weighted by atomic mass is 16.5. The molecule has 3 N–H and O–H groups in total. The van der Waals surface area contributed by atoms with Crippen molar-refractivity contribution in [1.29, 1.82) is 0 Å². The van der Waals surface area contributed by atoms with Crippen LogP contribution in [0.4, 0.5) is 0 Å². The maximum absolute atomic E-state index is 11.5. The summed E-state index contributed by atoms with van der Waals surface area (Å²) in [4.78, 5) is 11.5. The van der Waals surface area contributed by atoms with Crippen LogP contribution in [0, 0.1) is 0 Å². The van der Waals surface area contributed by atoms with Gasteiger partial charge in [0.25, 0.3) is 0 Å². The second-order valence-corrected chi connectivity index (χ2v) is 5.38. The Hall–Kier alpha value is -0.610. The van der Waals surface area contributed by atoms with Crippen LogP contribution in [-0.4, -0.2) is 30.7 Å². The first-order valence-corrected chi connectivity index (χ1v) is 6.13. The largest absolute Gasteiger partial charge is 0.370 e. The summed E-state index contributed by atoms with van der Waals surface area (Å²) in [6.45, 7) is 4.29. The molecule has 4 heteroatoms. The molecule has 1 rings (SSSR count). The van der Waals surface area contributed by atoms with Gasteiger partial charge in [-0.3, -0.25) is 4.79 Å². The number of nitrogens with one attached hydrogen (secondary N) is 1. The van der Waals surface area contributed by atoms with Crippen molar-refractivity contribution in [3.05, 3.63) is 0 Å². The molecule has 0 bridgehead atoms. The van der Waals surface area contributed by atoms with Gasteiger partial charge in [0.1, 0.15) is 6.61 Å². The van der Waals surface area contributed by atoms with E-state index in [2.05, 4.69) is 5.32 Å². The highest BCUT2D eigenvalue weighted by Crippen LogP contribution is 2.17. The van der Waals surface area contributed by atoms with Crippen molar-refractivity contribution < 1.29 is 9.53 Å². The van der Waals surface area contributed by atoms with Gasteiger partial charge in [-0.2, -0.15) is 0 Å². The lowest BCUT2D eigenvalue weighted by molar-refractivity contribution is -0.127.